The predicted molar refractivity (Wildman–Crippen MR) is 84.6 cm³/mol. The number of pyridine rings is 1. The van der Waals surface area contributed by atoms with Crippen molar-refractivity contribution >= 4 is 5.82 Å². The summed E-state index contributed by atoms with van der Waals surface area (Å²) in [6, 6.07) is 2.99. The van der Waals surface area contributed by atoms with Crippen molar-refractivity contribution in [1.82, 2.24) is 9.88 Å². The number of piperazine rings is 1. The highest BCUT2D eigenvalue weighted by molar-refractivity contribution is 5.47. The molecule has 110 valence electrons. The first-order valence-corrected chi connectivity index (χ1v) is 8.01. The maximum atomic E-state index is 4.76. The predicted octanol–water partition coefficient (Wildman–Crippen LogP) is 3.22. The smallest absolute Gasteiger partial charge is 0.128 e. The van der Waals surface area contributed by atoms with Crippen molar-refractivity contribution in [2.45, 2.75) is 51.5 Å². The molecule has 0 N–H and O–H groups in total. The lowest BCUT2D eigenvalue weighted by atomic mass is 9.96. The molecule has 1 aromatic heterocycles. The first-order valence-electron chi connectivity index (χ1n) is 8.01. The fourth-order valence-corrected chi connectivity index (χ4v) is 3.13. The van der Waals surface area contributed by atoms with Crippen LogP contribution >= 0.6 is 0 Å². The van der Waals surface area contributed by atoms with Gasteiger partial charge in [-0.1, -0.05) is 13.8 Å². The number of likely N-dealkylation sites (N-methyl/N-ethyl adjacent to an activating group) is 1. The standard InChI is InChI=1S/C17H27N3/c1-12(2)16-10-18-17(9-15(16)14-5-6-14)20-8-7-19(4)13(3)11-20/h9-10,12-14H,5-8,11H2,1-4H3/t13-/m0/s1. The molecule has 0 bridgehead atoms. The van der Waals surface area contributed by atoms with Crippen LogP contribution in [0.3, 0.4) is 0 Å². The Morgan fingerprint density at radius 2 is 2.00 bits per heavy atom. The van der Waals surface area contributed by atoms with Crippen molar-refractivity contribution in [2.24, 2.45) is 0 Å². The van der Waals surface area contributed by atoms with Gasteiger partial charge in [-0.25, -0.2) is 4.98 Å². The average Bonchev–Trinajstić information content (AvgIpc) is 3.25. The molecule has 0 unspecified atom stereocenters. The Balaban J connectivity index is 1.85. The second kappa shape index (κ2) is 5.36. The molecular formula is C17H27N3. The number of aromatic nitrogens is 1. The molecule has 0 radical (unpaired) electrons. The van der Waals surface area contributed by atoms with E-state index in [9.17, 15) is 0 Å². The average molecular weight is 273 g/mol. The second-order valence-electron chi connectivity index (χ2n) is 6.88. The zero-order valence-corrected chi connectivity index (χ0v) is 13.3. The van der Waals surface area contributed by atoms with Crippen LogP contribution in [-0.2, 0) is 0 Å². The van der Waals surface area contributed by atoms with Crippen LogP contribution in [0.25, 0.3) is 0 Å². The fourth-order valence-electron chi connectivity index (χ4n) is 3.13. The van der Waals surface area contributed by atoms with Gasteiger partial charge >= 0.3 is 0 Å². The lowest BCUT2D eigenvalue weighted by molar-refractivity contribution is 0.233. The van der Waals surface area contributed by atoms with Gasteiger partial charge in [0.1, 0.15) is 5.82 Å². The van der Waals surface area contributed by atoms with Crippen LogP contribution in [0.15, 0.2) is 12.3 Å². The molecule has 1 saturated carbocycles. The van der Waals surface area contributed by atoms with Gasteiger partial charge in [0.2, 0.25) is 0 Å². The van der Waals surface area contributed by atoms with Crippen LogP contribution in [0.2, 0.25) is 0 Å². The Morgan fingerprint density at radius 1 is 1.25 bits per heavy atom. The molecule has 1 aliphatic carbocycles. The lowest BCUT2D eigenvalue weighted by Gasteiger charge is -2.38. The van der Waals surface area contributed by atoms with Crippen molar-refractivity contribution in [3.8, 4) is 0 Å². The molecule has 1 atom stereocenters. The number of hydrogen-bond acceptors (Lipinski definition) is 3. The van der Waals surface area contributed by atoms with Crippen LogP contribution in [0.1, 0.15) is 56.6 Å². The molecular weight excluding hydrogens is 246 g/mol. The van der Waals surface area contributed by atoms with Crippen LogP contribution in [0.4, 0.5) is 5.82 Å². The highest BCUT2D eigenvalue weighted by Gasteiger charge is 2.29. The molecule has 3 nitrogen and oxygen atoms in total. The van der Waals surface area contributed by atoms with Gasteiger partial charge in [0.25, 0.3) is 0 Å². The van der Waals surface area contributed by atoms with Gasteiger partial charge in [0.15, 0.2) is 0 Å². The Labute approximate surface area is 123 Å². The van der Waals surface area contributed by atoms with Crippen molar-refractivity contribution in [1.29, 1.82) is 0 Å². The summed E-state index contributed by atoms with van der Waals surface area (Å²) < 4.78 is 0. The van der Waals surface area contributed by atoms with Crippen molar-refractivity contribution in [3.05, 3.63) is 23.4 Å². The summed E-state index contributed by atoms with van der Waals surface area (Å²) in [6.07, 6.45) is 4.86. The van der Waals surface area contributed by atoms with E-state index in [1.54, 1.807) is 5.56 Å². The van der Waals surface area contributed by atoms with E-state index >= 15 is 0 Å². The molecule has 0 amide bonds. The quantitative estimate of drug-likeness (QED) is 0.843. The Hall–Kier alpha value is -1.09. The maximum Gasteiger partial charge on any atom is 0.128 e. The lowest BCUT2D eigenvalue weighted by Crippen LogP contribution is -2.50. The molecule has 20 heavy (non-hydrogen) atoms. The fraction of sp³-hybridized carbons (Fsp3) is 0.706. The third kappa shape index (κ3) is 2.69. The van der Waals surface area contributed by atoms with Crippen molar-refractivity contribution < 1.29 is 0 Å². The monoisotopic (exact) mass is 273 g/mol. The normalized spacial score (nSPS) is 24.4. The molecule has 0 aromatic carbocycles. The van der Waals surface area contributed by atoms with Crippen LogP contribution in [-0.4, -0.2) is 42.6 Å². The van der Waals surface area contributed by atoms with Gasteiger partial charge in [-0.2, -0.15) is 0 Å². The SMILES string of the molecule is CC(C)c1cnc(N2CCN(C)[C@@H](C)C2)cc1C1CC1. The number of rotatable bonds is 3. The first kappa shape index (κ1) is 13.9. The third-order valence-corrected chi connectivity index (χ3v) is 4.88. The van der Waals surface area contributed by atoms with E-state index in [1.165, 1.54) is 24.2 Å². The molecule has 2 heterocycles. The molecule has 1 aliphatic heterocycles. The van der Waals surface area contributed by atoms with Crippen molar-refractivity contribution in [2.75, 3.05) is 31.6 Å². The summed E-state index contributed by atoms with van der Waals surface area (Å²) in [5.74, 6) is 2.58. The summed E-state index contributed by atoms with van der Waals surface area (Å²) in [5.41, 5.74) is 3.02. The van der Waals surface area contributed by atoms with Crippen LogP contribution in [0, 0.1) is 0 Å². The second-order valence-corrected chi connectivity index (χ2v) is 6.88. The van der Waals surface area contributed by atoms with E-state index in [-0.39, 0.29) is 0 Å². The summed E-state index contributed by atoms with van der Waals surface area (Å²) >= 11 is 0. The van der Waals surface area contributed by atoms with E-state index in [4.69, 9.17) is 4.98 Å². The first-order chi connectivity index (χ1) is 9.56. The van der Waals surface area contributed by atoms with E-state index in [2.05, 4.69) is 49.9 Å². The highest BCUT2D eigenvalue weighted by Crippen LogP contribution is 2.44. The zero-order chi connectivity index (χ0) is 14.3. The Bertz CT molecular complexity index is 479. The van der Waals surface area contributed by atoms with Gasteiger partial charge in [0.05, 0.1) is 0 Å². The minimum absolute atomic E-state index is 0.582. The number of anilines is 1. The van der Waals surface area contributed by atoms with E-state index in [0.29, 0.717) is 12.0 Å². The van der Waals surface area contributed by atoms with Gasteiger partial charge in [-0.3, -0.25) is 0 Å². The van der Waals surface area contributed by atoms with Crippen molar-refractivity contribution in [3.63, 3.8) is 0 Å². The molecule has 1 aromatic rings. The topological polar surface area (TPSA) is 19.4 Å². The van der Waals surface area contributed by atoms with E-state index in [1.807, 2.05) is 0 Å². The Morgan fingerprint density at radius 3 is 2.60 bits per heavy atom. The molecule has 2 fully saturated rings. The third-order valence-electron chi connectivity index (χ3n) is 4.88. The summed E-state index contributed by atoms with van der Waals surface area (Å²) in [6.45, 7) is 10.2. The van der Waals surface area contributed by atoms with Gasteiger partial charge in [0, 0.05) is 31.9 Å². The van der Waals surface area contributed by atoms with E-state index in [0.717, 1.165) is 25.6 Å². The van der Waals surface area contributed by atoms with Gasteiger partial charge < -0.3 is 9.80 Å². The van der Waals surface area contributed by atoms with Gasteiger partial charge in [-0.05, 0) is 55.8 Å². The zero-order valence-electron chi connectivity index (χ0n) is 13.3. The molecule has 3 heteroatoms. The number of hydrogen-bond donors (Lipinski definition) is 0. The number of nitrogens with zero attached hydrogens (tertiary/aromatic N) is 3. The molecule has 1 saturated heterocycles. The Kier molecular flexibility index (Phi) is 3.72. The molecule has 0 spiro atoms. The highest BCUT2D eigenvalue weighted by atomic mass is 15.3. The summed E-state index contributed by atoms with van der Waals surface area (Å²) in [4.78, 5) is 9.65. The van der Waals surface area contributed by atoms with Crippen LogP contribution in [0.5, 0.6) is 0 Å². The maximum absolute atomic E-state index is 4.76. The van der Waals surface area contributed by atoms with Gasteiger partial charge in [-0.15, -0.1) is 0 Å². The minimum atomic E-state index is 0.582. The van der Waals surface area contributed by atoms with E-state index < -0.39 is 0 Å². The minimum Gasteiger partial charge on any atom is -0.354 e. The largest absolute Gasteiger partial charge is 0.354 e. The summed E-state index contributed by atoms with van der Waals surface area (Å²) in [5, 5.41) is 0. The summed E-state index contributed by atoms with van der Waals surface area (Å²) in [7, 11) is 2.22. The van der Waals surface area contributed by atoms with Crippen LogP contribution < -0.4 is 4.90 Å². The molecule has 3 rings (SSSR count). The molecule has 2 aliphatic rings.